The van der Waals surface area contributed by atoms with E-state index in [4.69, 9.17) is 33.7 Å². The second-order valence-electron chi connectivity index (χ2n) is 7.01. The number of nitrogens with two attached hydrogens (primary N) is 1. The highest BCUT2D eigenvalue weighted by molar-refractivity contribution is 7.89. The van der Waals surface area contributed by atoms with Crippen LogP contribution in [0.3, 0.4) is 0 Å². The van der Waals surface area contributed by atoms with Crippen LogP contribution in [0.15, 0.2) is 36.4 Å². The van der Waals surface area contributed by atoms with Gasteiger partial charge in [-0.1, -0.05) is 47.5 Å². The number of halogens is 2. The van der Waals surface area contributed by atoms with E-state index in [1.54, 1.807) is 23.1 Å². The van der Waals surface area contributed by atoms with Crippen molar-refractivity contribution < 1.29 is 9.00 Å². The van der Waals surface area contributed by atoms with Crippen LogP contribution < -0.4 is 10.5 Å². The van der Waals surface area contributed by atoms with Gasteiger partial charge in [0, 0.05) is 35.9 Å². The van der Waals surface area contributed by atoms with Crippen molar-refractivity contribution in [1.82, 2.24) is 9.62 Å². The first-order valence-corrected chi connectivity index (χ1v) is 11.4. The number of rotatable bonds is 6. The summed E-state index contributed by atoms with van der Waals surface area (Å²) in [5.41, 5.74) is 9.97. The number of fused-ring (bicyclic) bond motifs is 1. The fourth-order valence-corrected chi connectivity index (χ4v) is 4.11. The molecule has 2 atom stereocenters. The standard InChI is InChI=1S/C19H22Cl2N4O2S/c1-28(23,27)24-9-12-2-3-14-10-25(11-15(14)6-12)19(26)18(22)7-13-4-5-16(20)8-17(13)21/h2-6,8,18H,7,9-11,22H2,1H3,(H2,23,24,27)/t18-,28?/m1/s1. The molecule has 150 valence electrons. The smallest absolute Gasteiger partial charge is 0.240 e. The topological polar surface area (TPSA) is 99.3 Å². The Bertz CT molecular complexity index is 1010. The molecule has 2 aromatic rings. The van der Waals surface area contributed by atoms with Gasteiger partial charge in [-0.25, -0.2) is 13.7 Å². The molecule has 0 bridgehead atoms. The lowest BCUT2D eigenvalue weighted by atomic mass is 10.1. The van der Waals surface area contributed by atoms with E-state index < -0.39 is 16.0 Å². The van der Waals surface area contributed by atoms with Crippen LogP contribution in [0.4, 0.5) is 0 Å². The van der Waals surface area contributed by atoms with Crippen molar-refractivity contribution in [3.8, 4) is 0 Å². The van der Waals surface area contributed by atoms with Crippen LogP contribution >= 0.6 is 23.2 Å². The van der Waals surface area contributed by atoms with Crippen LogP contribution in [0.5, 0.6) is 0 Å². The van der Waals surface area contributed by atoms with E-state index in [0.29, 0.717) is 36.1 Å². The molecule has 9 heteroatoms. The fourth-order valence-electron chi connectivity index (χ4n) is 3.18. The molecule has 1 aliphatic heterocycles. The predicted molar refractivity (Wildman–Crippen MR) is 112 cm³/mol. The Balaban J connectivity index is 1.65. The van der Waals surface area contributed by atoms with Gasteiger partial charge in [-0.05, 0) is 40.8 Å². The van der Waals surface area contributed by atoms with E-state index in [0.717, 1.165) is 22.3 Å². The average Bonchev–Trinajstić information content (AvgIpc) is 3.04. The summed E-state index contributed by atoms with van der Waals surface area (Å²) in [7, 11) is -2.76. The zero-order chi connectivity index (χ0) is 20.5. The van der Waals surface area contributed by atoms with Crippen molar-refractivity contribution in [3.63, 3.8) is 0 Å². The Morgan fingerprint density at radius 1 is 1.25 bits per heavy atom. The zero-order valence-electron chi connectivity index (χ0n) is 15.4. The van der Waals surface area contributed by atoms with E-state index in [9.17, 15) is 9.00 Å². The van der Waals surface area contributed by atoms with E-state index in [-0.39, 0.29) is 5.91 Å². The van der Waals surface area contributed by atoms with Gasteiger partial charge in [0.1, 0.15) is 9.92 Å². The van der Waals surface area contributed by atoms with Crippen LogP contribution in [-0.2, 0) is 40.8 Å². The highest BCUT2D eigenvalue weighted by Gasteiger charge is 2.27. The second-order valence-corrected chi connectivity index (χ2v) is 9.83. The van der Waals surface area contributed by atoms with Gasteiger partial charge >= 0.3 is 0 Å². The lowest BCUT2D eigenvalue weighted by molar-refractivity contribution is -0.133. The minimum absolute atomic E-state index is 0.135. The molecule has 1 aliphatic rings. The summed E-state index contributed by atoms with van der Waals surface area (Å²) in [6.45, 7) is 1.33. The first kappa shape index (κ1) is 21.1. The maximum Gasteiger partial charge on any atom is 0.240 e. The summed E-state index contributed by atoms with van der Waals surface area (Å²) in [5, 5.41) is 1.04. The molecule has 0 radical (unpaired) electrons. The number of carbonyl (C=O) groups excluding carboxylic acids is 1. The number of hydrogen-bond acceptors (Lipinski definition) is 4. The third-order valence-electron chi connectivity index (χ3n) is 4.63. The lowest BCUT2D eigenvalue weighted by Gasteiger charge is -2.20. The molecule has 0 fully saturated rings. The lowest BCUT2D eigenvalue weighted by Crippen LogP contribution is -2.42. The summed E-state index contributed by atoms with van der Waals surface area (Å²) >= 11 is 12.1. The molecule has 0 spiro atoms. The summed E-state index contributed by atoms with van der Waals surface area (Å²) in [6, 6.07) is 10.3. The number of hydrogen-bond donors (Lipinski definition) is 3. The molecule has 0 saturated carbocycles. The number of amides is 1. The van der Waals surface area contributed by atoms with Crippen LogP contribution in [0.2, 0.25) is 10.0 Å². The molecule has 28 heavy (non-hydrogen) atoms. The highest BCUT2D eigenvalue weighted by Crippen LogP contribution is 2.26. The zero-order valence-corrected chi connectivity index (χ0v) is 17.7. The largest absolute Gasteiger partial charge is 0.333 e. The van der Waals surface area contributed by atoms with Crippen molar-refractivity contribution in [2.24, 2.45) is 5.73 Å². The highest BCUT2D eigenvalue weighted by atomic mass is 35.5. The van der Waals surface area contributed by atoms with Crippen molar-refractivity contribution in [2.45, 2.75) is 32.1 Å². The van der Waals surface area contributed by atoms with E-state index in [1.807, 2.05) is 18.2 Å². The van der Waals surface area contributed by atoms with Gasteiger partial charge in [-0.2, -0.15) is 0 Å². The Hall–Kier alpha value is -1.64. The van der Waals surface area contributed by atoms with Gasteiger partial charge < -0.3 is 10.6 Å². The monoisotopic (exact) mass is 440 g/mol. The summed E-state index contributed by atoms with van der Waals surface area (Å²) in [5.74, 6) is -0.135. The number of nitrogens with zero attached hydrogens (tertiary/aromatic N) is 1. The molecule has 0 aromatic heterocycles. The molecule has 1 heterocycles. The summed E-state index contributed by atoms with van der Waals surface area (Å²) in [4.78, 5) is 14.5. The molecular weight excluding hydrogens is 419 g/mol. The molecule has 6 nitrogen and oxygen atoms in total. The Morgan fingerprint density at radius 3 is 2.64 bits per heavy atom. The van der Waals surface area contributed by atoms with E-state index in [2.05, 4.69) is 4.72 Å². The summed E-state index contributed by atoms with van der Waals surface area (Å²) < 4.78 is 21.6. The molecule has 4 N–H and O–H groups in total. The first-order chi connectivity index (χ1) is 13.1. The van der Waals surface area contributed by atoms with Gasteiger partial charge in [0.15, 0.2) is 0 Å². The van der Waals surface area contributed by atoms with Crippen molar-refractivity contribution >= 4 is 39.0 Å². The van der Waals surface area contributed by atoms with Gasteiger partial charge in [0.2, 0.25) is 5.91 Å². The number of nitrogens with one attached hydrogen (secondary N) is 2. The van der Waals surface area contributed by atoms with Crippen molar-refractivity contribution in [3.05, 3.63) is 68.7 Å². The molecule has 0 saturated heterocycles. The van der Waals surface area contributed by atoms with Crippen molar-refractivity contribution in [1.29, 1.82) is 4.78 Å². The molecule has 3 rings (SSSR count). The molecule has 1 unspecified atom stereocenters. The molecule has 0 aliphatic carbocycles. The van der Waals surface area contributed by atoms with Gasteiger partial charge in [-0.15, -0.1) is 0 Å². The Labute approximate surface area is 175 Å². The quantitative estimate of drug-likeness (QED) is 0.643. The Morgan fingerprint density at radius 2 is 1.96 bits per heavy atom. The summed E-state index contributed by atoms with van der Waals surface area (Å²) in [6.07, 6.45) is 1.68. The minimum atomic E-state index is -2.76. The second kappa shape index (κ2) is 8.39. The molecule has 1 amide bonds. The third-order valence-corrected chi connectivity index (χ3v) is 5.91. The van der Waals surface area contributed by atoms with Crippen LogP contribution in [-0.4, -0.2) is 27.3 Å². The average molecular weight is 441 g/mol. The SMILES string of the molecule is CS(=N)(=O)NCc1ccc2c(c1)CN(C(=O)[C@H](N)Cc1ccc(Cl)cc1Cl)C2. The maximum absolute atomic E-state index is 12.8. The van der Waals surface area contributed by atoms with E-state index >= 15 is 0 Å². The number of benzene rings is 2. The molecular formula is C19H22Cl2N4O2S. The molecule has 2 aromatic carbocycles. The van der Waals surface area contributed by atoms with Crippen LogP contribution in [0.25, 0.3) is 0 Å². The number of carbonyl (C=O) groups is 1. The normalized spacial score (nSPS) is 16.5. The van der Waals surface area contributed by atoms with Crippen molar-refractivity contribution in [2.75, 3.05) is 6.26 Å². The fraction of sp³-hybridized carbons (Fsp3) is 0.316. The third kappa shape index (κ3) is 5.24. The first-order valence-electron chi connectivity index (χ1n) is 8.70. The Kier molecular flexibility index (Phi) is 6.31. The van der Waals surface area contributed by atoms with Gasteiger partial charge in [0.25, 0.3) is 0 Å². The minimum Gasteiger partial charge on any atom is -0.333 e. The maximum atomic E-state index is 12.8. The van der Waals surface area contributed by atoms with Crippen LogP contribution in [0, 0.1) is 4.78 Å². The predicted octanol–water partition coefficient (Wildman–Crippen LogP) is 3.09. The van der Waals surface area contributed by atoms with E-state index in [1.165, 1.54) is 6.26 Å². The van der Waals surface area contributed by atoms with Crippen LogP contribution in [0.1, 0.15) is 22.3 Å². The van der Waals surface area contributed by atoms with Gasteiger partial charge in [0.05, 0.1) is 6.04 Å². The van der Waals surface area contributed by atoms with Gasteiger partial charge in [-0.3, -0.25) is 4.79 Å².